The highest BCUT2D eigenvalue weighted by Gasteiger charge is 2.41. The monoisotopic (exact) mass is 340 g/mol. The fourth-order valence-electron chi connectivity index (χ4n) is 3.74. The smallest absolute Gasteiger partial charge is 0.265 e. The van der Waals surface area contributed by atoms with Gasteiger partial charge in [0.05, 0.1) is 0 Å². The first kappa shape index (κ1) is 16.5. The normalized spacial score (nSPS) is 26.3. The van der Waals surface area contributed by atoms with Crippen molar-refractivity contribution in [1.29, 1.82) is 0 Å². The Morgan fingerprint density at radius 3 is 2.74 bits per heavy atom. The number of aryl methyl sites for hydroxylation is 1. The van der Waals surface area contributed by atoms with Gasteiger partial charge in [0.1, 0.15) is 10.6 Å². The van der Waals surface area contributed by atoms with Gasteiger partial charge in [0.25, 0.3) is 5.91 Å². The fourth-order valence-corrected chi connectivity index (χ4v) is 5.54. The Morgan fingerprint density at radius 2 is 2.13 bits per heavy atom. The summed E-state index contributed by atoms with van der Waals surface area (Å²) in [7, 11) is -1.99. The summed E-state index contributed by atoms with van der Waals surface area (Å²) in [5.74, 6) is -0.624. The molecule has 0 unspecified atom stereocenters. The third-order valence-electron chi connectivity index (χ3n) is 5.05. The fraction of sp³-hybridized carbons (Fsp3) is 0.667. The van der Waals surface area contributed by atoms with Crippen molar-refractivity contribution >= 4 is 15.9 Å². The largest absolute Gasteiger partial charge is 0.364 e. The van der Waals surface area contributed by atoms with Crippen LogP contribution in [0, 0.1) is 0 Å². The zero-order valence-electron chi connectivity index (χ0n) is 13.6. The summed E-state index contributed by atoms with van der Waals surface area (Å²) in [4.78, 5) is 13.9. The molecule has 2 saturated heterocycles. The van der Waals surface area contributed by atoms with Crippen molar-refractivity contribution in [3.63, 3.8) is 0 Å². The van der Waals surface area contributed by atoms with Crippen molar-refractivity contribution in [1.82, 2.24) is 13.8 Å². The number of hydrogen-bond donors (Lipinski definition) is 1. The van der Waals surface area contributed by atoms with Gasteiger partial charge in [-0.2, -0.15) is 4.31 Å². The first-order chi connectivity index (χ1) is 10.8. The van der Waals surface area contributed by atoms with Crippen LogP contribution in [0.25, 0.3) is 0 Å². The van der Waals surface area contributed by atoms with E-state index in [2.05, 4.69) is 4.90 Å². The standard InChI is InChI=1S/C15H24N4O3S/c1-3-11-8-18-6-4-5-12(18)9-19(11)23(21,22)13-7-14(15(16)20)17(2)10-13/h7,10-12H,3-6,8-9H2,1-2H3,(H2,16,20)/t11-,12+/m1/s1. The molecule has 2 atom stereocenters. The lowest BCUT2D eigenvalue weighted by molar-refractivity contribution is 0.0992. The van der Waals surface area contributed by atoms with Gasteiger partial charge in [0.2, 0.25) is 10.0 Å². The van der Waals surface area contributed by atoms with E-state index in [0.29, 0.717) is 12.6 Å². The second-order valence-electron chi connectivity index (χ2n) is 6.46. The predicted octanol–water partition coefficient (Wildman–Crippen LogP) is 0.371. The number of aromatic nitrogens is 1. The molecule has 3 heterocycles. The minimum absolute atomic E-state index is 0.0217. The summed E-state index contributed by atoms with van der Waals surface area (Å²) >= 11 is 0. The molecule has 8 heteroatoms. The van der Waals surface area contributed by atoms with Gasteiger partial charge in [0.15, 0.2) is 0 Å². The second-order valence-corrected chi connectivity index (χ2v) is 8.35. The van der Waals surface area contributed by atoms with Gasteiger partial charge in [-0.15, -0.1) is 0 Å². The molecular formula is C15H24N4O3S. The number of carbonyl (C=O) groups is 1. The van der Waals surface area contributed by atoms with Gasteiger partial charge in [0, 0.05) is 38.4 Å². The van der Waals surface area contributed by atoms with Crippen LogP contribution in [0.15, 0.2) is 17.2 Å². The summed E-state index contributed by atoms with van der Waals surface area (Å²) in [6.45, 7) is 4.40. The second kappa shape index (κ2) is 5.92. The van der Waals surface area contributed by atoms with Gasteiger partial charge >= 0.3 is 0 Å². The third kappa shape index (κ3) is 2.79. The lowest BCUT2D eigenvalue weighted by Crippen LogP contribution is -2.57. The number of piperazine rings is 1. The van der Waals surface area contributed by atoms with E-state index in [1.165, 1.54) is 16.8 Å². The molecule has 2 aliphatic rings. The molecule has 1 aromatic heterocycles. The maximum atomic E-state index is 13.1. The number of nitrogens with two attached hydrogens (primary N) is 1. The molecule has 23 heavy (non-hydrogen) atoms. The van der Waals surface area contributed by atoms with Crippen molar-refractivity contribution in [2.75, 3.05) is 19.6 Å². The highest BCUT2D eigenvalue weighted by atomic mass is 32.2. The lowest BCUT2D eigenvalue weighted by Gasteiger charge is -2.42. The van der Waals surface area contributed by atoms with E-state index < -0.39 is 15.9 Å². The molecule has 2 N–H and O–H groups in total. The van der Waals surface area contributed by atoms with Crippen LogP contribution in [-0.4, -0.2) is 59.8 Å². The van der Waals surface area contributed by atoms with Gasteiger partial charge in [-0.05, 0) is 31.9 Å². The summed E-state index contributed by atoms with van der Waals surface area (Å²) in [5.41, 5.74) is 5.50. The summed E-state index contributed by atoms with van der Waals surface area (Å²) in [6, 6.07) is 1.67. The number of carbonyl (C=O) groups excluding carboxylic acids is 1. The van der Waals surface area contributed by atoms with E-state index >= 15 is 0 Å². The zero-order chi connectivity index (χ0) is 16.8. The molecule has 2 fully saturated rings. The number of fused-ring (bicyclic) bond motifs is 1. The summed E-state index contributed by atoms with van der Waals surface area (Å²) in [6.07, 6.45) is 4.43. The molecule has 0 bridgehead atoms. The minimum atomic E-state index is -3.62. The quantitative estimate of drug-likeness (QED) is 0.858. The molecule has 3 rings (SSSR count). The molecule has 128 valence electrons. The van der Waals surface area contributed by atoms with Crippen LogP contribution in [0.1, 0.15) is 36.7 Å². The van der Waals surface area contributed by atoms with E-state index in [4.69, 9.17) is 5.73 Å². The van der Waals surface area contributed by atoms with Crippen LogP contribution in [0.3, 0.4) is 0 Å². The molecule has 1 amide bonds. The molecule has 1 aromatic rings. The first-order valence-electron chi connectivity index (χ1n) is 8.06. The summed E-state index contributed by atoms with van der Waals surface area (Å²) in [5, 5.41) is 0. The van der Waals surface area contributed by atoms with Gasteiger partial charge in [-0.3, -0.25) is 9.69 Å². The van der Waals surface area contributed by atoms with Crippen molar-refractivity contribution in [2.45, 2.75) is 43.2 Å². The van der Waals surface area contributed by atoms with Crippen LogP contribution in [0.5, 0.6) is 0 Å². The number of sulfonamides is 1. The van der Waals surface area contributed by atoms with Crippen molar-refractivity contribution in [2.24, 2.45) is 12.8 Å². The number of nitrogens with zero attached hydrogens (tertiary/aromatic N) is 3. The Labute approximate surface area is 137 Å². The summed E-state index contributed by atoms with van der Waals surface area (Å²) < 4.78 is 29.2. The Bertz CT molecular complexity index is 712. The van der Waals surface area contributed by atoms with Crippen LogP contribution in [-0.2, 0) is 17.1 Å². The average Bonchev–Trinajstić information content (AvgIpc) is 3.11. The molecule has 0 aromatic carbocycles. The number of amides is 1. The first-order valence-corrected chi connectivity index (χ1v) is 9.50. The van der Waals surface area contributed by atoms with Crippen molar-refractivity contribution < 1.29 is 13.2 Å². The molecular weight excluding hydrogens is 316 g/mol. The van der Waals surface area contributed by atoms with E-state index in [9.17, 15) is 13.2 Å². The van der Waals surface area contributed by atoms with E-state index in [1.807, 2.05) is 6.92 Å². The maximum Gasteiger partial charge on any atom is 0.265 e. The van der Waals surface area contributed by atoms with Crippen molar-refractivity contribution in [3.8, 4) is 0 Å². The Balaban J connectivity index is 1.94. The van der Waals surface area contributed by atoms with Crippen molar-refractivity contribution in [3.05, 3.63) is 18.0 Å². The lowest BCUT2D eigenvalue weighted by atomic mass is 10.1. The van der Waals surface area contributed by atoms with Crippen LogP contribution in [0.4, 0.5) is 0 Å². The molecule has 7 nitrogen and oxygen atoms in total. The Hall–Kier alpha value is -1.38. The highest BCUT2D eigenvalue weighted by molar-refractivity contribution is 7.89. The molecule has 0 radical (unpaired) electrons. The number of rotatable bonds is 4. The Kier molecular flexibility index (Phi) is 4.24. The van der Waals surface area contributed by atoms with Gasteiger partial charge in [-0.1, -0.05) is 6.92 Å². The zero-order valence-corrected chi connectivity index (χ0v) is 14.4. The minimum Gasteiger partial charge on any atom is -0.364 e. The van der Waals surface area contributed by atoms with Crippen LogP contribution >= 0.6 is 0 Å². The maximum absolute atomic E-state index is 13.1. The molecule has 0 spiro atoms. The molecule has 2 aliphatic heterocycles. The topological polar surface area (TPSA) is 88.6 Å². The Morgan fingerprint density at radius 1 is 1.39 bits per heavy atom. The van der Waals surface area contributed by atoms with Crippen LogP contribution < -0.4 is 5.73 Å². The average molecular weight is 340 g/mol. The van der Waals surface area contributed by atoms with Gasteiger partial charge < -0.3 is 10.3 Å². The number of primary amides is 1. The van der Waals surface area contributed by atoms with E-state index in [-0.39, 0.29) is 16.6 Å². The van der Waals surface area contributed by atoms with E-state index in [1.54, 1.807) is 11.4 Å². The number of hydrogen-bond acceptors (Lipinski definition) is 4. The van der Waals surface area contributed by atoms with Crippen LogP contribution in [0.2, 0.25) is 0 Å². The molecule has 0 saturated carbocycles. The van der Waals surface area contributed by atoms with Gasteiger partial charge in [-0.25, -0.2) is 8.42 Å². The highest BCUT2D eigenvalue weighted by Crippen LogP contribution is 2.30. The third-order valence-corrected chi connectivity index (χ3v) is 6.94. The molecule has 0 aliphatic carbocycles. The van der Waals surface area contributed by atoms with E-state index in [0.717, 1.165) is 32.4 Å². The SMILES string of the molecule is CC[C@@H]1CN2CCC[C@H]2CN1S(=O)(=O)c1cc(C(N)=O)n(C)c1. The predicted molar refractivity (Wildman–Crippen MR) is 86.5 cm³/mol.